The van der Waals surface area contributed by atoms with E-state index in [1.807, 2.05) is 60.7 Å². The van der Waals surface area contributed by atoms with Crippen LogP contribution in [0.1, 0.15) is 175 Å². The molecule has 2 heterocycles. The van der Waals surface area contributed by atoms with Crippen molar-refractivity contribution in [1.82, 2.24) is 0 Å². The van der Waals surface area contributed by atoms with Crippen molar-refractivity contribution in [2.24, 2.45) is 0 Å². The molecule has 12 nitrogen and oxygen atoms in total. The van der Waals surface area contributed by atoms with Gasteiger partial charge in [-0.25, -0.2) is 9.59 Å². The Hall–Kier alpha value is 0.0400. The Morgan fingerprint density at radius 1 is 0.474 bits per heavy atom. The summed E-state index contributed by atoms with van der Waals surface area (Å²) in [6.07, 6.45) is 27.1. The van der Waals surface area contributed by atoms with E-state index in [2.05, 4.69) is 60.1 Å². The quantitative estimate of drug-likeness (QED) is 0.00635. The van der Waals surface area contributed by atoms with Gasteiger partial charge in [0.1, 0.15) is 47.1 Å². The minimum atomic E-state index is -3.95. The Kier molecular flexibility index (Phi) is 54.5. The third-order valence-electron chi connectivity index (χ3n) is 11.4. The average Bonchev–Trinajstić information content (AvgIpc) is 4.14. The molecule has 0 spiro atoms. The standard InChI is InChI=1S/2C14H25BrF2O5S.2C12H15OS.BrH.Na/c2*15-11-9-7-5-3-1-2-4-6-8-10-12-20-13(18)14(16,17)23-22-21-19;2*13-12(10-14-8-4-5-9-14)11-6-2-1-3-7-11;;/h2*19H,1-12H2;2*1-3,6-7H,4-5,8-10H2;1H;/q;;2*+1;;+1/p-3. The second-order valence-electron chi connectivity index (χ2n) is 17.5. The van der Waals surface area contributed by atoms with Gasteiger partial charge in [0.25, 0.3) is 0 Å². The maximum Gasteiger partial charge on any atom is 1.00 e. The van der Waals surface area contributed by atoms with E-state index in [9.17, 15) is 47.3 Å². The Balaban J connectivity index is 0. The number of Topliss-reactive ketones (excluding diaryl/α,β-unsaturated/α-hetero) is 2. The first kappa shape index (κ1) is 78.1. The number of alkyl halides is 6. The monoisotopic (exact) mass is 1360 g/mol. The molecule has 4 rings (SSSR count). The molecule has 0 unspecified atom stereocenters. The SMILES string of the molecule is O=C(C[S+]1CCCC1)c1ccccc1.O=C(C[S+]1CCCC1)c1ccccc1.O=C(OCCCCCCCCCCCCBr)C(F)(F)SOO[O-].O=C(OCCCCCCCCCCCCBr)C(F)(F)SOO[O-].[Br-].[Na+]. The van der Waals surface area contributed by atoms with E-state index in [1.165, 1.54) is 126 Å². The van der Waals surface area contributed by atoms with Gasteiger partial charge < -0.3 is 37.0 Å². The average molecular weight is 1360 g/mol. The van der Waals surface area contributed by atoms with Crippen molar-refractivity contribution in [3.05, 3.63) is 71.8 Å². The molecule has 0 atom stereocenters. The second-order valence-corrected chi connectivity index (χ2v) is 25.4. The first-order chi connectivity index (χ1) is 35.8. The van der Waals surface area contributed by atoms with E-state index in [-0.39, 0.29) is 59.8 Å². The number of hydrogen-bond acceptors (Lipinski definition) is 14. The van der Waals surface area contributed by atoms with Gasteiger partial charge in [-0.05, 0) is 73.2 Å². The van der Waals surface area contributed by atoms with Crippen LogP contribution in [0, 0.1) is 0 Å². The van der Waals surface area contributed by atoms with Gasteiger partial charge >= 0.3 is 52.0 Å². The van der Waals surface area contributed by atoms with Crippen LogP contribution in [-0.4, -0.2) is 92.4 Å². The Labute approximate surface area is 513 Å². The molecule has 76 heavy (non-hydrogen) atoms. The number of benzene rings is 2. The van der Waals surface area contributed by atoms with Crippen LogP contribution < -0.4 is 57.1 Å². The third kappa shape index (κ3) is 42.8. The van der Waals surface area contributed by atoms with E-state index in [0.717, 1.165) is 71.8 Å². The van der Waals surface area contributed by atoms with Crippen molar-refractivity contribution in [2.45, 2.75) is 165 Å². The smallest absolute Gasteiger partial charge is 1.00 e. The summed E-state index contributed by atoms with van der Waals surface area (Å²) in [5, 5.41) is 18.7. The van der Waals surface area contributed by atoms with E-state index in [4.69, 9.17) is 0 Å². The molecule has 432 valence electrons. The van der Waals surface area contributed by atoms with Gasteiger partial charge in [0, 0.05) is 21.8 Å². The molecule has 2 fully saturated rings. The summed E-state index contributed by atoms with van der Waals surface area (Å²) < 4.78 is 67.6. The summed E-state index contributed by atoms with van der Waals surface area (Å²) in [4.78, 5) is 45.7. The molecule has 0 amide bonds. The molecule has 0 N–H and O–H groups in total. The maximum absolute atomic E-state index is 13.0. The van der Waals surface area contributed by atoms with Crippen molar-refractivity contribution < 1.29 is 122 Å². The van der Waals surface area contributed by atoms with Gasteiger partial charge in [-0.3, -0.25) is 19.7 Å². The van der Waals surface area contributed by atoms with Crippen LogP contribution in [0.2, 0.25) is 0 Å². The van der Waals surface area contributed by atoms with Gasteiger partial charge in [0.2, 0.25) is 11.6 Å². The molecule has 24 heteroatoms. The van der Waals surface area contributed by atoms with E-state index >= 15 is 0 Å². The topological polar surface area (TPSA) is 170 Å². The zero-order valence-electron chi connectivity index (χ0n) is 44.0. The fourth-order valence-electron chi connectivity index (χ4n) is 7.40. The van der Waals surface area contributed by atoms with E-state index in [0.29, 0.717) is 46.2 Å². The van der Waals surface area contributed by atoms with Crippen molar-refractivity contribution >= 4 is 101 Å². The van der Waals surface area contributed by atoms with E-state index < -0.39 is 46.5 Å². The molecule has 2 aliphatic heterocycles. The third-order valence-corrected chi connectivity index (χ3v) is 18.4. The molecule has 2 aliphatic rings. The Morgan fingerprint density at radius 2 is 0.737 bits per heavy atom. The predicted octanol–water partition coefficient (Wildman–Crippen LogP) is 7.15. The van der Waals surface area contributed by atoms with Crippen LogP contribution in [0.4, 0.5) is 17.6 Å². The second kappa shape index (κ2) is 53.1. The molecule has 2 saturated heterocycles. The van der Waals surface area contributed by atoms with Crippen LogP contribution in [0.3, 0.4) is 0 Å². The summed E-state index contributed by atoms with van der Waals surface area (Å²) in [7, 11) is 0.785. The summed E-state index contributed by atoms with van der Waals surface area (Å²) in [5.74, 6) is 3.86. The number of ether oxygens (including phenoxy) is 2. The number of unbranched alkanes of at least 4 members (excludes halogenated alkanes) is 18. The first-order valence-electron chi connectivity index (χ1n) is 25.8. The summed E-state index contributed by atoms with van der Waals surface area (Å²) in [5.41, 5.74) is 1.76. The number of carbonyl (C=O) groups is 4. The van der Waals surface area contributed by atoms with Crippen LogP contribution in [-0.2, 0) is 59.6 Å². The summed E-state index contributed by atoms with van der Waals surface area (Å²) >= 11 is 5.46. The molecule has 2 aromatic rings. The largest absolute Gasteiger partial charge is 1.00 e. The molecule has 0 saturated carbocycles. The zero-order chi connectivity index (χ0) is 54.4. The minimum Gasteiger partial charge on any atom is -1.00 e. The predicted molar refractivity (Wildman–Crippen MR) is 295 cm³/mol. The zero-order valence-corrected chi connectivity index (χ0v) is 54.0. The summed E-state index contributed by atoms with van der Waals surface area (Å²) in [6, 6.07) is 19.3. The van der Waals surface area contributed by atoms with Gasteiger partial charge in [-0.2, -0.15) is 26.2 Å². The fourth-order valence-corrected chi connectivity index (χ4v) is 13.2. The molecular weight excluding hydrogens is 1280 g/mol. The van der Waals surface area contributed by atoms with Gasteiger partial charge in [0.15, 0.2) is 11.5 Å². The Bertz CT molecular complexity index is 1580. The number of carbonyl (C=O) groups excluding carboxylic acids is 4. The number of halogens is 7. The number of ketones is 2. The first-order valence-corrected chi connectivity index (χ1v) is 33.0. The molecule has 0 aromatic heterocycles. The van der Waals surface area contributed by atoms with Crippen LogP contribution in [0.25, 0.3) is 0 Å². The molecule has 0 radical (unpaired) electrons. The number of esters is 2. The summed E-state index contributed by atoms with van der Waals surface area (Å²) in [6.45, 7) is -0.139. The number of hydrogen-bond donors (Lipinski definition) is 0. The normalized spacial score (nSPS) is 13.4. The van der Waals surface area contributed by atoms with E-state index in [1.54, 1.807) is 0 Å². The minimum absolute atomic E-state index is 0. The Morgan fingerprint density at radius 3 is 1.00 bits per heavy atom. The van der Waals surface area contributed by atoms with Crippen LogP contribution in [0.15, 0.2) is 60.7 Å². The van der Waals surface area contributed by atoms with Gasteiger partial charge in [0.05, 0.1) is 13.2 Å². The van der Waals surface area contributed by atoms with Crippen molar-refractivity contribution in [1.29, 1.82) is 0 Å². The van der Waals surface area contributed by atoms with Crippen molar-refractivity contribution in [3.63, 3.8) is 0 Å². The van der Waals surface area contributed by atoms with Crippen molar-refractivity contribution in [3.8, 4) is 0 Å². The molecule has 0 aliphatic carbocycles. The molecule has 2 aromatic carbocycles. The fraction of sp³-hybridized carbons (Fsp3) is 0.692. The van der Waals surface area contributed by atoms with Crippen LogP contribution >= 0.6 is 55.9 Å². The van der Waals surface area contributed by atoms with Gasteiger partial charge in [-0.15, -0.1) is 0 Å². The number of rotatable bonds is 38. The van der Waals surface area contributed by atoms with Crippen molar-refractivity contribution in [2.75, 3.05) is 58.4 Å². The van der Waals surface area contributed by atoms with Crippen LogP contribution in [0.5, 0.6) is 0 Å². The molecule has 0 bridgehead atoms. The van der Waals surface area contributed by atoms with Gasteiger partial charge in [-0.1, -0.05) is 195 Å². The maximum atomic E-state index is 13.0. The molecular formula is C52H78Br3F4NaO12S4.